The zero-order chi connectivity index (χ0) is 24.6. The molecule has 1 saturated heterocycles. The van der Waals surface area contributed by atoms with Gasteiger partial charge in [0.05, 0.1) is 11.8 Å². The SMILES string of the molecule is CC(=O)O.COC1(C(=O)NCCCn2ccnc2)CCN(C(=O)c2n[nH]c3ccccc23)CC1. The Labute approximate surface area is 197 Å². The van der Waals surface area contributed by atoms with Crippen LogP contribution >= 0.6 is 0 Å². The summed E-state index contributed by atoms with van der Waals surface area (Å²) in [5, 5.41) is 18.3. The first-order valence-electron chi connectivity index (χ1n) is 11.1. The molecule has 11 nitrogen and oxygen atoms in total. The molecule has 1 fully saturated rings. The molecule has 3 N–H and O–H groups in total. The zero-order valence-corrected chi connectivity index (χ0v) is 19.4. The Hall–Kier alpha value is -3.73. The molecule has 3 aromatic rings. The molecule has 1 aliphatic heterocycles. The number of para-hydroxylation sites is 1. The number of nitrogens with one attached hydrogen (secondary N) is 2. The number of aromatic amines is 1. The minimum atomic E-state index is -0.903. The largest absolute Gasteiger partial charge is 0.481 e. The van der Waals surface area contributed by atoms with Crippen molar-refractivity contribution in [3.8, 4) is 0 Å². The van der Waals surface area contributed by atoms with Gasteiger partial charge in [-0.25, -0.2) is 4.98 Å². The van der Waals surface area contributed by atoms with Crippen LogP contribution in [-0.2, 0) is 20.9 Å². The van der Waals surface area contributed by atoms with Crippen molar-refractivity contribution < 1.29 is 24.2 Å². The summed E-state index contributed by atoms with van der Waals surface area (Å²) in [5.41, 5.74) is 0.345. The Kier molecular flexibility index (Phi) is 8.36. The maximum Gasteiger partial charge on any atom is 0.300 e. The second-order valence-corrected chi connectivity index (χ2v) is 8.04. The fourth-order valence-electron chi connectivity index (χ4n) is 3.91. The summed E-state index contributed by atoms with van der Waals surface area (Å²) in [6.07, 6.45) is 7.09. The van der Waals surface area contributed by atoms with Gasteiger partial charge in [0.25, 0.3) is 17.8 Å². The maximum atomic E-state index is 13.0. The van der Waals surface area contributed by atoms with E-state index < -0.39 is 11.6 Å². The summed E-state index contributed by atoms with van der Waals surface area (Å²) in [5.74, 6) is -1.08. The molecule has 1 aromatic carbocycles. The number of fused-ring (bicyclic) bond motifs is 1. The number of aromatic nitrogens is 4. The number of ether oxygens (including phenoxy) is 1. The van der Waals surface area contributed by atoms with Crippen molar-refractivity contribution in [2.24, 2.45) is 0 Å². The van der Waals surface area contributed by atoms with E-state index in [1.807, 2.05) is 35.0 Å². The van der Waals surface area contributed by atoms with Crippen molar-refractivity contribution >= 4 is 28.7 Å². The Bertz CT molecular complexity index is 1100. The topological polar surface area (TPSA) is 142 Å². The first-order chi connectivity index (χ1) is 16.4. The lowest BCUT2D eigenvalue weighted by atomic mass is 9.89. The van der Waals surface area contributed by atoms with Crippen molar-refractivity contribution in [2.45, 2.75) is 38.3 Å². The van der Waals surface area contributed by atoms with E-state index >= 15 is 0 Å². The number of methoxy groups -OCH3 is 1. The number of carboxylic acid groups (broad SMARTS) is 1. The third-order valence-corrected chi connectivity index (χ3v) is 5.77. The van der Waals surface area contributed by atoms with Crippen molar-refractivity contribution in [1.29, 1.82) is 0 Å². The summed E-state index contributed by atoms with van der Waals surface area (Å²) in [4.78, 5) is 40.5. The predicted molar refractivity (Wildman–Crippen MR) is 124 cm³/mol. The number of likely N-dealkylation sites (tertiary alicyclic amines) is 1. The normalized spacial score (nSPS) is 14.8. The molecule has 0 atom stereocenters. The van der Waals surface area contributed by atoms with Crippen LogP contribution in [0.3, 0.4) is 0 Å². The van der Waals surface area contributed by atoms with Crippen LogP contribution in [0.5, 0.6) is 0 Å². The second-order valence-electron chi connectivity index (χ2n) is 8.04. The number of nitrogens with zero attached hydrogens (tertiary/aromatic N) is 4. The first-order valence-corrected chi connectivity index (χ1v) is 11.1. The van der Waals surface area contributed by atoms with Crippen LogP contribution in [0, 0.1) is 0 Å². The molecule has 0 saturated carbocycles. The third-order valence-electron chi connectivity index (χ3n) is 5.77. The van der Waals surface area contributed by atoms with Crippen molar-refractivity contribution in [1.82, 2.24) is 30.0 Å². The molecular weight excluding hydrogens is 440 g/mol. The molecule has 2 amide bonds. The average molecular weight is 471 g/mol. The van der Waals surface area contributed by atoms with Gasteiger partial charge < -0.3 is 24.6 Å². The number of piperidine rings is 1. The Morgan fingerprint density at radius 1 is 1.24 bits per heavy atom. The number of carbonyl (C=O) groups is 3. The van der Waals surface area contributed by atoms with Gasteiger partial charge in [0.2, 0.25) is 0 Å². The molecule has 2 aromatic heterocycles. The van der Waals surface area contributed by atoms with E-state index in [0.29, 0.717) is 38.2 Å². The molecule has 182 valence electrons. The summed E-state index contributed by atoms with van der Waals surface area (Å²) < 4.78 is 7.62. The number of rotatable bonds is 7. The number of aryl methyl sites for hydroxylation is 1. The zero-order valence-electron chi connectivity index (χ0n) is 19.4. The lowest BCUT2D eigenvalue weighted by Gasteiger charge is -2.39. The van der Waals surface area contributed by atoms with E-state index in [2.05, 4.69) is 20.5 Å². The van der Waals surface area contributed by atoms with Crippen LogP contribution in [0.4, 0.5) is 0 Å². The maximum absolute atomic E-state index is 13.0. The molecule has 4 rings (SSSR count). The van der Waals surface area contributed by atoms with E-state index in [1.165, 1.54) is 0 Å². The highest BCUT2D eigenvalue weighted by atomic mass is 16.5. The highest BCUT2D eigenvalue weighted by molar-refractivity contribution is 6.04. The minimum Gasteiger partial charge on any atom is -0.481 e. The summed E-state index contributed by atoms with van der Waals surface area (Å²) in [6, 6.07) is 7.56. The van der Waals surface area contributed by atoms with Crippen LogP contribution < -0.4 is 5.32 Å². The fourth-order valence-corrected chi connectivity index (χ4v) is 3.91. The molecule has 1 aliphatic rings. The highest BCUT2D eigenvalue weighted by Crippen LogP contribution is 2.28. The Morgan fingerprint density at radius 3 is 2.59 bits per heavy atom. The minimum absolute atomic E-state index is 0.118. The van der Waals surface area contributed by atoms with Gasteiger partial charge in [0, 0.05) is 70.8 Å². The number of H-pyrrole nitrogens is 1. The molecule has 0 radical (unpaired) electrons. The summed E-state index contributed by atoms with van der Waals surface area (Å²) in [7, 11) is 1.56. The molecule has 0 unspecified atom stereocenters. The summed E-state index contributed by atoms with van der Waals surface area (Å²) in [6.45, 7) is 3.32. The van der Waals surface area contributed by atoms with Gasteiger partial charge in [-0.1, -0.05) is 18.2 Å². The number of carboxylic acids is 1. The van der Waals surface area contributed by atoms with Crippen LogP contribution in [0.2, 0.25) is 0 Å². The van der Waals surface area contributed by atoms with Crippen molar-refractivity contribution in [2.75, 3.05) is 26.7 Å². The van der Waals surface area contributed by atoms with Gasteiger partial charge in [-0.2, -0.15) is 5.10 Å². The average Bonchev–Trinajstić information content (AvgIpc) is 3.51. The predicted octanol–water partition coefficient (Wildman–Crippen LogP) is 1.68. The Balaban J connectivity index is 0.000000751. The molecule has 0 spiro atoms. The fraction of sp³-hybridized carbons (Fsp3) is 0.435. The highest BCUT2D eigenvalue weighted by Gasteiger charge is 2.42. The number of imidazole rings is 1. The number of hydrogen-bond acceptors (Lipinski definition) is 6. The van der Waals surface area contributed by atoms with E-state index in [9.17, 15) is 9.59 Å². The van der Waals surface area contributed by atoms with Crippen LogP contribution in [0.15, 0.2) is 43.0 Å². The van der Waals surface area contributed by atoms with Crippen molar-refractivity contribution in [3.63, 3.8) is 0 Å². The quantitative estimate of drug-likeness (QED) is 0.446. The lowest BCUT2D eigenvalue weighted by Crippen LogP contribution is -2.56. The monoisotopic (exact) mass is 470 g/mol. The number of carbonyl (C=O) groups excluding carboxylic acids is 2. The van der Waals surface area contributed by atoms with Crippen LogP contribution in [0.1, 0.15) is 36.7 Å². The second kappa shape index (κ2) is 11.4. The first kappa shape index (κ1) is 24.9. The van der Waals surface area contributed by atoms with E-state index in [1.54, 1.807) is 24.5 Å². The number of benzene rings is 1. The molecule has 0 aliphatic carbocycles. The van der Waals surface area contributed by atoms with Crippen molar-refractivity contribution in [3.05, 3.63) is 48.7 Å². The van der Waals surface area contributed by atoms with E-state index in [0.717, 1.165) is 30.8 Å². The molecule has 34 heavy (non-hydrogen) atoms. The van der Waals surface area contributed by atoms with Crippen LogP contribution in [0.25, 0.3) is 10.9 Å². The van der Waals surface area contributed by atoms with Gasteiger partial charge in [0.1, 0.15) is 5.60 Å². The van der Waals surface area contributed by atoms with E-state index in [-0.39, 0.29) is 11.8 Å². The molecule has 11 heteroatoms. The van der Waals surface area contributed by atoms with Gasteiger partial charge in [-0.3, -0.25) is 19.5 Å². The molecule has 3 heterocycles. The molecular formula is C23H30N6O5. The number of amides is 2. The molecule has 0 bridgehead atoms. The van der Waals surface area contributed by atoms with Gasteiger partial charge >= 0.3 is 0 Å². The number of aliphatic carboxylic acids is 1. The van der Waals surface area contributed by atoms with Gasteiger partial charge in [0.15, 0.2) is 5.69 Å². The van der Waals surface area contributed by atoms with Gasteiger partial charge in [-0.15, -0.1) is 0 Å². The standard InChI is InChI=1S/C21H26N6O3.C2H4O2/c1-30-21(20(29)23-9-4-11-26-14-10-22-15-26)7-12-27(13-8-21)19(28)18-16-5-2-3-6-17(16)24-25-18;1-2(3)4/h2-3,5-6,10,14-15H,4,7-9,11-13H2,1H3,(H,23,29)(H,24,25);1H3,(H,3,4). The van der Waals surface area contributed by atoms with Gasteiger partial charge in [-0.05, 0) is 12.5 Å². The van der Waals surface area contributed by atoms with E-state index in [4.69, 9.17) is 14.6 Å². The Morgan fingerprint density at radius 2 is 1.94 bits per heavy atom. The number of hydrogen-bond donors (Lipinski definition) is 3. The van der Waals surface area contributed by atoms with Crippen LogP contribution in [-0.4, -0.2) is 79.9 Å². The smallest absolute Gasteiger partial charge is 0.300 e. The third kappa shape index (κ3) is 5.98. The lowest BCUT2D eigenvalue weighted by molar-refractivity contribution is -0.148. The summed E-state index contributed by atoms with van der Waals surface area (Å²) >= 11 is 0.